The van der Waals surface area contributed by atoms with Crippen LogP contribution in [0.2, 0.25) is 0 Å². The van der Waals surface area contributed by atoms with Crippen molar-refractivity contribution in [2.75, 3.05) is 19.6 Å². The zero-order valence-electron chi connectivity index (χ0n) is 13.5. The number of sulfonamides is 1. The van der Waals surface area contributed by atoms with Gasteiger partial charge in [-0.25, -0.2) is 8.42 Å². The average molecular weight is 352 g/mol. The highest BCUT2D eigenvalue weighted by Gasteiger charge is 2.20. The molecule has 0 unspecified atom stereocenters. The van der Waals surface area contributed by atoms with Crippen LogP contribution in [0.25, 0.3) is 0 Å². The van der Waals surface area contributed by atoms with Gasteiger partial charge in [-0.1, -0.05) is 19.8 Å². The van der Waals surface area contributed by atoms with E-state index in [1.54, 1.807) is 0 Å². The molecule has 0 spiro atoms. The van der Waals surface area contributed by atoms with Crippen LogP contribution in [0.15, 0.2) is 29.2 Å². The summed E-state index contributed by atoms with van der Waals surface area (Å²) in [6.45, 7) is 3.48. The van der Waals surface area contributed by atoms with E-state index in [1.165, 1.54) is 29.2 Å². The first kappa shape index (κ1) is 19.7. The molecule has 0 heterocycles. The zero-order chi connectivity index (χ0) is 18.3. The topological polar surface area (TPSA) is 104 Å². The second kappa shape index (κ2) is 8.47. The van der Waals surface area contributed by atoms with Crippen molar-refractivity contribution in [3.63, 3.8) is 0 Å². The van der Waals surface area contributed by atoms with E-state index in [1.807, 2.05) is 13.8 Å². The highest BCUT2D eigenvalue weighted by molar-refractivity contribution is 7.89. The van der Waals surface area contributed by atoms with E-state index in [-0.39, 0.29) is 29.5 Å². The number of carbonyl (C=O) groups excluding carboxylic acids is 1. The summed E-state index contributed by atoms with van der Waals surface area (Å²) in [6.07, 6.45) is 5.02. The Kier molecular flexibility index (Phi) is 6.95. The van der Waals surface area contributed by atoms with Crippen LogP contribution in [-0.4, -0.2) is 49.9 Å². The number of carboxylic acids is 1. The number of terminal acetylenes is 1. The summed E-state index contributed by atoms with van der Waals surface area (Å²) in [6, 6.07) is 5.25. The average Bonchev–Trinajstić information content (AvgIpc) is 2.51. The van der Waals surface area contributed by atoms with Crippen molar-refractivity contribution in [1.29, 1.82) is 0 Å². The van der Waals surface area contributed by atoms with E-state index in [9.17, 15) is 18.0 Å². The van der Waals surface area contributed by atoms with Crippen LogP contribution in [0, 0.1) is 18.3 Å². The van der Waals surface area contributed by atoms with Gasteiger partial charge in [0, 0.05) is 12.1 Å². The lowest BCUT2D eigenvalue weighted by molar-refractivity contribution is -0.137. The smallest absolute Gasteiger partial charge is 0.323 e. The highest BCUT2D eigenvalue weighted by atomic mass is 32.2. The van der Waals surface area contributed by atoms with Crippen LogP contribution < -0.4 is 4.72 Å². The molecule has 0 bridgehead atoms. The van der Waals surface area contributed by atoms with E-state index < -0.39 is 28.4 Å². The molecular weight excluding hydrogens is 332 g/mol. The molecule has 1 amide bonds. The predicted molar refractivity (Wildman–Crippen MR) is 88.8 cm³/mol. The van der Waals surface area contributed by atoms with Gasteiger partial charge in [-0.3, -0.25) is 9.59 Å². The molecule has 0 aliphatic carbocycles. The molecule has 0 fully saturated rings. The van der Waals surface area contributed by atoms with E-state index >= 15 is 0 Å². The summed E-state index contributed by atoms with van der Waals surface area (Å²) in [4.78, 5) is 24.5. The van der Waals surface area contributed by atoms with Crippen molar-refractivity contribution >= 4 is 21.9 Å². The zero-order valence-corrected chi connectivity index (χ0v) is 14.3. The lowest BCUT2D eigenvalue weighted by atomic mass is 10.1. The molecule has 0 saturated heterocycles. The summed E-state index contributed by atoms with van der Waals surface area (Å²) in [5, 5.41) is 8.93. The number of benzene rings is 1. The maximum absolute atomic E-state index is 12.4. The molecule has 2 N–H and O–H groups in total. The Hall–Kier alpha value is -2.37. The number of carboxylic acid groups (broad SMARTS) is 1. The molecule has 0 radical (unpaired) electrons. The minimum atomic E-state index is -3.73. The number of hydrogen-bond acceptors (Lipinski definition) is 4. The Morgan fingerprint density at radius 2 is 1.88 bits per heavy atom. The molecule has 24 heavy (non-hydrogen) atoms. The van der Waals surface area contributed by atoms with Gasteiger partial charge in [0.2, 0.25) is 10.0 Å². The first-order valence-corrected chi connectivity index (χ1v) is 8.70. The second-order valence-corrected chi connectivity index (χ2v) is 7.29. The number of nitrogens with zero attached hydrogens (tertiary/aromatic N) is 1. The van der Waals surface area contributed by atoms with Crippen LogP contribution in [-0.2, 0) is 14.8 Å². The maximum atomic E-state index is 12.4. The second-order valence-electron chi connectivity index (χ2n) is 5.53. The third-order valence-electron chi connectivity index (χ3n) is 2.97. The van der Waals surface area contributed by atoms with Crippen LogP contribution in [0.1, 0.15) is 24.2 Å². The van der Waals surface area contributed by atoms with E-state index in [4.69, 9.17) is 11.5 Å². The number of aliphatic carboxylic acids is 1. The molecule has 1 aromatic rings. The fraction of sp³-hybridized carbons (Fsp3) is 0.375. The molecule has 0 atom stereocenters. The monoisotopic (exact) mass is 352 g/mol. The molecule has 0 aliphatic heterocycles. The Balaban J connectivity index is 2.99. The Labute approximate surface area is 141 Å². The summed E-state index contributed by atoms with van der Waals surface area (Å²) in [7, 11) is -3.73. The van der Waals surface area contributed by atoms with Crippen LogP contribution in [0.5, 0.6) is 0 Å². The number of nitrogens with one attached hydrogen (secondary N) is 1. The minimum Gasteiger partial charge on any atom is -0.480 e. The minimum absolute atomic E-state index is 0.0251. The third-order valence-corrected chi connectivity index (χ3v) is 4.39. The quantitative estimate of drug-likeness (QED) is 0.673. The van der Waals surface area contributed by atoms with Crippen molar-refractivity contribution in [3.05, 3.63) is 29.8 Å². The largest absolute Gasteiger partial charge is 0.480 e. The van der Waals surface area contributed by atoms with Gasteiger partial charge < -0.3 is 10.0 Å². The van der Waals surface area contributed by atoms with Crippen LogP contribution in [0.4, 0.5) is 0 Å². The van der Waals surface area contributed by atoms with Gasteiger partial charge in [-0.15, -0.1) is 6.42 Å². The van der Waals surface area contributed by atoms with Crippen molar-refractivity contribution in [3.8, 4) is 12.3 Å². The van der Waals surface area contributed by atoms with Gasteiger partial charge in [-0.05, 0) is 30.2 Å². The molecule has 0 saturated carbocycles. The molecule has 130 valence electrons. The van der Waals surface area contributed by atoms with Gasteiger partial charge in [0.15, 0.2) is 0 Å². The molecule has 0 aliphatic rings. The number of carbonyl (C=O) groups is 2. The van der Waals surface area contributed by atoms with E-state index in [0.29, 0.717) is 0 Å². The van der Waals surface area contributed by atoms with Crippen molar-refractivity contribution < 1.29 is 23.1 Å². The number of amides is 1. The Morgan fingerprint density at radius 3 is 2.33 bits per heavy atom. The lowest BCUT2D eigenvalue weighted by Crippen LogP contribution is -2.38. The van der Waals surface area contributed by atoms with Gasteiger partial charge in [0.25, 0.3) is 5.91 Å². The van der Waals surface area contributed by atoms with E-state index in [0.717, 1.165) is 0 Å². The molecule has 1 rings (SSSR count). The van der Waals surface area contributed by atoms with Crippen LogP contribution >= 0.6 is 0 Å². The van der Waals surface area contributed by atoms with Gasteiger partial charge in [-0.2, -0.15) is 4.72 Å². The fourth-order valence-electron chi connectivity index (χ4n) is 2.00. The number of hydrogen-bond donors (Lipinski definition) is 2. The third kappa shape index (κ3) is 5.68. The van der Waals surface area contributed by atoms with Gasteiger partial charge in [0.05, 0.1) is 11.4 Å². The Bertz CT molecular complexity index is 733. The molecule has 7 nitrogen and oxygen atoms in total. The summed E-state index contributed by atoms with van der Waals surface area (Å²) < 4.78 is 26.0. The van der Waals surface area contributed by atoms with Gasteiger partial charge in [0.1, 0.15) is 6.54 Å². The van der Waals surface area contributed by atoms with Crippen molar-refractivity contribution in [1.82, 2.24) is 9.62 Å². The molecular formula is C16H20N2O5S. The first-order chi connectivity index (χ1) is 11.2. The SMILES string of the molecule is C#CCNS(=O)(=O)c1ccc(C(=O)N(CC(=O)O)CC(C)C)cc1. The van der Waals surface area contributed by atoms with Crippen molar-refractivity contribution in [2.45, 2.75) is 18.7 Å². The highest BCUT2D eigenvalue weighted by Crippen LogP contribution is 2.13. The van der Waals surface area contributed by atoms with Crippen LogP contribution in [0.3, 0.4) is 0 Å². The Morgan fingerprint density at radius 1 is 1.29 bits per heavy atom. The lowest BCUT2D eigenvalue weighted by Gasteiger charge is -2.22. The summed E-state index contributed by atoms with van der Waals surface area (Å²) in [5.41, 5.74) is 0.216. The number of rotatable bonds is 8. The summed E-state index contributed by atoms with van der Waals surface area (Å²) >= 11 is 0. The molecule has 8 heteroatoms. The maximum Gasteiger partial charge on any atom is 0.323 e. The predicted octanol–water partition coefficient (Wildman–Crippen LogP) is 0.781. The normalized spacial score (nSPS) is 11.1. The standard InChI is InChI=1S/C16H20N2O5S/c1-4-9-17-24(22,23)14-7-5-13(6-8-14)16(21)18(10-12(2)3)11-15(19)20/h1,5-8,12,17H,9-11H2,2-3H3,(H,19,20). The van der Waals surface area contributed by atoms with Crippen molar-refractivity contribution in [2.24, 2.45) is 5.92 Å². The van der Waals surface area contributed by atoms with E-state index in [2.05, 4.69) is 10.6 Å². The first-order valence-electron chi connectivity index (χ1n) is 7.21. The molecule has 0 aromatic heterocycles. The molecule has 1 aromatic carbocycles. The van der Waals surface area contributed by atoms with Gasteiger partial charge >= 0.3 is 5.97 Å². The fourth-order valence-corrected chi connectivity index (χ4v) is 2.94. The summed E-state index contributed by atoms with van der Waals surface area (Å²) in [5.74, 6) is 0.690.